The van der Waals surface area contributed by atoms with Gasteiger partial charge in [-0.1, -0.05) is 28.7 Å². The fraction of sp³-hybridized carbons (Fsp3) is 0.381. The Bertz CT molecular complexity index is 1070. The second-order valence-electron chi connectivity index (χ2n) is 6.70. The predicted octanol–water partition coefficient (Wildman–Crippen LogP) is 2.49. The molecule has 0 unspecified atom stereocenters. The number of thiol groups is 1. The number of halogens is 1. The summed E-state index contributed by atoms with van der Waals surface area (Å²) in [5, 5.41) is 1.46. The second-order valence-corrected chi connectivity index (χ2v) is 13.2. The average molecular weight is 722 g/mol. The number of carbonyl (C=O) groups is 6. The summed E-state index contributed by atoms with van der Waals surface area (Å²) in [6, 6.07) is 5.73. The maximum atomic E-state index is 10.7. The van der Waals surface area contributed by atoms with Gasteiger partial charge in [0.25, 0.3) is 23.6 Å². The van der Waals surface area contributed by atoms with Crippen molar-refractivity contribution >= 4 is 100 Å². The molecule has 1 saturated heterocycles. The molecule has 12 nitrogen and oxygen atoms in total. The summed E-state index contributed by atoms with van der Waals surface area (Å²) in [5.41, 5.74) is 0. The zero-order valence-corrected chi connectivity index (χ0v) is 26.7. The van der Waals surface area contributed by atoms with Crippen LogP contribution in [0.5, 0.6) is 0 Å². The molecule has 3 rings (SSSR count). The van der Waals surface area contributed by atoms with Crippen molar-refractivity contribution < 1.29 is 42.0 Å². The van der Waals surface area contributed by atoms with Gasteiger partial charge >= 0.3 is 5.97 Å². The summed E-state index contributed by atoms with van der Waals surface area (Å²) in [5.74, 6) is -1.81. The van der Waals surface area contributed by atoms with Gasteiger partial charge in [-0.2, -0.15) is 0 Å². The summed E-state index contributed by atoms with van der Waals surface area (Å²) in [6.45, 7) is 2.71. The molecule has 212 valence electrons. The van der Waals surface area contributed by atoms with Crippen LogP contribution in [0.25, 0.3) is 0 Å². The van der Waals surface area contributed by atoms with Crippen molar-refractivity contribution in [1.82, 2.24) is 14.9 Å². The highest BCUT2D eigenvalue weighted by Gasteiger charge is 2.31. The summed E-state index contributed by atoms with van der Waals surface area (Å²) in [6.07, 6.45) is 7.23. The van der Waals surface area contributed by atoms with Gasteiger partial charge in [0.15, 0.2) is 8.87 Å². The largest absolute Gasteiger partial charge is 0.331 e. The van der Waals surface area contributed by atoms with E-state index in [0.717, 1.165) is 27.6 Å². The zero-order chi connectivity index (χ0) is 29.9. The van der Waals surface area contributed by atoms with Crippen LogP contribution in [-0.2, 0) is 42.5 Å². The smallest absolute Gasteiger partial charge is 0.330 e. The van der Waals surface area contributed by atoms with Gasteiger partial charge in [0.05, 0.1) is 4.43 Å². The van der Waals surface area contributed by atoms with Gasteiger partial charge in [0.2, 0.25) is 0 Å². The first kappa shape index (κ1) is 38.2. The highest BCUT2D eigenvalue weighted by atomic mass is 127. The van der Waals surface area contributed by atoms with Gasteiger partial charge in [-0.15, -0.1) is 16.7 Å². The predicted molar refractivity (Wildman–Crippen MR) is 157 cm³/mol. The van der Waals surface area contributed by atoms with Crippen molar-refractivity contribution in [1.29, 1.82) is 0 Å². The molecule has 0 N–H and O–H groups in total. The van der Waals surface area contributed by atoms with Crippen molar-refractivity contribution in [2.24, 2.45) is 0 Å². The lowest BCUT2D eigenvalue weighted by atomic mass is 10.4. The van der Waals surface area contributed by atoms with Crippen LogP contribution in [0.1, 0.15) is 26.7 Å². The molecular formula is C21H28IN3O9S4. The molecule has 0 atom stereocenters. The van der Waals surface area contributed by atoms with E-state index in [9.17, 15) is 37.2 Å². The number of nitrogens with zero attached hydrogens (tertiary/aromatic N) is 3. The number of rotatable bonds is 4. The number of likely N-dealkylation sites (N-methyl/N-ethyl adjacent to an activating group) is 1. The molecule has 0 spiro atoms. The number of imide groups is 2. The monoisotopic (exact) mass is 721 g/mol. The van der Waals surface area contributed by atoms with E-state index in [-0.39, 0.29) is 30.4 Å². The van der Waals surface area contributed by atoms with Crippen LogP contribution < -0.4 is 0 Å². The lowest BCUT2D eigenvalue weighted by molar-refractivity contribution is -0.195. The van der Waals surface area contributed by atoms with Gasteiger partial charge in [0.1, 0.15) is 10.8 Å². The van der Waals surface area contributed by atoms with Crippen LogP contribution in [0.3, 0.4) is 0 Å². The molecular weight excluding hydrogens is 693 g/mol. The summed E-state index contributed by atoms with van der Waals surface area (Å²) < 4.78 is 20.6. The van der Waals surface area contributed by atoms with Crippen LogP contribution in [0.15, 0.2) is 41.6 Å². The number of hydroxylamine groups is 2. The molecule has 0 bridgehead atoms. The molecule has 1 aromatic rings. The minimum atomic E-state index is -2.75. The first-order valence-corrected chi connectivity index (χ1v) is 17.2. The average Bonchev–Trinajstić information content (AvgIpc) is 3.35. The first-order chi connectivity index (χ1) is 17.6. The number of carbonyl (C=O) groups excluding carboxylic acids is 6. The lowest BCUT2D eigenvalue weighted by Gasteiger charge is -2.09. The number of hydrogen-bond donors (Lipinski definition) is 1. The fourth-order valence-corrected chi connectivity index (χ4v) is 2.23. The van der Waals surface area contributed by atoms with Crippen molar-refractivity contribution in [3.63, 3.8) is 0 Å². The van der Waals surface area contributed by atoms with E-state index >= 15 is 0 Å². The molecule has 3 heterocycles. The van der Waals surface area contributed by atoms with Gasteiger partial charge in [-0.3, -0.25) is 28.9 Å². The SMILES string of the molecule is CC(=O)CI.CC(=O)ON1C(=O)CCC1=O.CN1C(=O)C=CC1=O.CSS(C)(=O)=O.SSc1ccccn1. The fourth-order valence-electron chi connectivity index (χ4n) is 1.66. The summed E-state index contributed by atoms with van der Waals surface area (Å²) in [4.78, 5) is 71.8. The van der Waals surface area contributed by atoms with Crippen LogP contribution >= 0.6 is 55.8 Å². The molecule has 17 heteroatoms. The maximum Gasteiger partial charge on any atom is 0.330 e. The number of amides is 4. The van der Waals surface area contributed by atoms with E-state index in [2.05, 4.69) is 21.5 Å². The molecule has 1 fully saturated rings. The Morgan fingerprint density at radius 3 is 1.74 bits per heavy atom. The number of hydrogen-bond acceptors (Lipinski definition) is 13. The Morgan fingerprint density at radius 2 is 1.53 bits per heavy atom. The highest BCUT2D eigenvalue weighted by Crippen LogP contribution is 2.16. The Hall–Kier alpha value is -1.96. The third-order valence-corrected chi connectivity index (χ3v) is 7.96. The minimum Gasteiger partial charge on any atom is -0.331 e. The number of aromatic nitrogens is 1. The molecule has 0 aromatic carbocycles. The van der Waals surface area contributed by atoms with Crippen molar-refractivity contribution in [2.75, 3.05) is 24.0 Å². The number of ketones is 1. The Balaban J connectivity index is 0. The molecule has 0 saturated carbocycles. The minimum absolute atomic E-state index is 0.131. The molecule has 2 aliphatic heterocycles. The quantitative estimate of drug-likeness (QED) is 0.159. The maximum absolute atomic E-state index is 10.7. The standard InChI is InChI=1S/C6H7NO4.C5H5NO2.C5H5NS2.C3H5IO.C2H6O2S2/c1-4(8)11-7-5(9)2-3-6(7)10;1-6-4(7)2-3-5(6)8;7-8-5-3-1-2-4-6-5;1-3(5)2-4;1-5-6(2,3)4/h2-3H2,1H3;2-3H,1H3;1-4,7H;2H2,1H3;1-2H3. The molecule has 38 heavy (non-hydrogen) atoms. The van der Waals surface area contributed by atoms with Gasteiger partial charge in [-0.05, 0) is 46.9 Å². The number of Topliss-reactive ketones (excluding diaryl/α,β-unsaturated/α-hetero) is 1. The van der Waals surface area contributed by atoms with Crippen LogP contribution in [0, 0.1) is 0 Å². The molecule has 2 aliphatic rings. The summed E-state index contributed by atoms with van der Waals surface area (Å²) >= 11 is 5.99. The van der Waals surface area contributed by atoms with Crippen LogP contribution in [0.2, 0.25) is 0 Å². The second kappa shape index (κ2) is 20.9. The highest BCUT2D eigenvalue weighted by molar-refractivity contribution is 14.1. The molecule has 1 aromatic heterocycles. The molecule has 0 aliphatic carbocycles. The lowest BCUT2D eigenvalue weighted by Crippen LogP contribution is -2.30. The number of alkyl halides is 1. The van der Waals surface area contributed by atoms with E-state index in [1.54, 1.807) is 13.1 Å². The van der Waals surface area contributed by atoms with Gasteiger partial charge in [0, 0.05) is 51.4 Å². The Labute approximate surface area is 247 Å². The third kappa shape index (κ3) is 20.1. The third-order valence-electron chi connectivity index (χ3n) is 3.48. The van der Waals surface area contributed by atoms with Crippen LogP contribution in [0.4, 0.5) is 0 Å². The first-order valence-electron chi connectivity index (χ1n) is 10.2. The normalized spacial score (nSPS) is 13.7. The van der Waals surface area contributed by atoms with E-state index < -0.39 is 26.7 Å². The van der Waals surface area contributed by atoms with Gasteiger partial charge in [-0.25, -0.2) is 18.2 Å². The molecule has 4 amide bonds. The van der Waals surface area contributed by atoms with E-state index in [0.29, 0.717) is 9.49 Å². The zero-order valence-electron chi connectivity index (χ0n) is 21.2. The van der Waals surface area contributed by atoms with E-state index in [1.165, 1.54) is 42.5 Å². The van der Waals surface area contributed by atoms with Crippen molar-refractivity contribution in [3.05, 3.63) is 36.5 Å². The van der Waals surface area contributed by atoms with Crippen molar-refractivity contribution in [2.45, 2.75) is 31.7 Å². The number of pyridine rings is 1. The topological polar surface area (TPSA) is 165 Å². The van der Waals surface area contributed by atoms with Crippen molar-refractivity contribution in [3.8, 4) is 0 Å². The van der Waals surface area contributed by atoms with E-state index in [1.807, 2.05) is 40.8 Å². The van der Waals surface area contributed by atoms with Crippen LogP contribution in [-0.4, -0.2) is 82.7 Å². The van der Waals surface area contributed by atoms with Gasteiger partial charge < -0.3 is 4.84 Å². The summed E-state index contributed by atoms with van der Waals surface area (Å²) in [7, 11) is 0.910. The molecule has 0 radical (unpaired) electrons. The van der Waals surface area contributed by atoms with E-state index in [4.69, 9.17) is 0 Å². The Kier molecular flexibility index (Phi) is 21.0. The Morgan fingerprint density at radius 1 is 1.08 bits per heavy atom.